The maximum atomic E-state index is 11.9. The summed E-state index contributed by atoms with van der Waals surface area (Å²) >= 11 is 6.95. The van der Waals surface area contributed by atoms with Gasteiger partial charge in [-0.15, -0.1) is 11.3 Å². The fourth-order valence-electron chi connectivity index (χ4n) is 1.58. The molecule has 0 fully saturated rings. The second-order valence-corrected chi connectivity index (χ2v) is 5.37. The number of amides is 1. The molecule has 0 radical (unpaired) electrons. The Kier molecular flexibility index (Phi) is 5.30. The summed E-state index contributed by atoms with van der Waals surface area (Å²) < 4.78 is 4.83. The average Bonchev–Trinajstić information content (AvgIpc) is 2.95. The molecule has 1 aromatic carbocycles. The third-order valence-corrected chi connectivity index (χ3v) is 3.59. The van der Waals surface area contributed by atoms with Crippen LogP contribution in [0.25, 0.3) is 0 Å². The van der Waals surface area contributed by atoms with Crippen molar-refractivity contribution in [2.45, 2.75) is 13.5 Å². The molecule has 2 aromatic rings. The number of ether oxygens (including phenoxy) is 1. The maximum absolute atomic E-state index is 11.9. The quantitative estimate of drug-likeness (QED) is 0.859. The van der Waals surface area contributed by atoms with E-state index < -0.39 is 5.97 Å². The molecule has 110 valence electrons. The number of carbonyl (C=O) groups excluding carboxylic acids is 2. The van der Waals surface area contributed by atoms with E-state index in [1.165, 1.54) is 5.38 Å². The van der Waals surface area contributed by atoms with E-state index in [1.807, 2.05) is 12.1 Å². The van der Waals surface area contributed by atoms with Crippen molar-refractivity contribution in [1.82, 2.24) is 10.3 Å². The first-order valence-electron chi connectivity index (χ1n) is 6.25. The second-order valence-electron chi connectivity index (χ2n) is 4.07. The molecule has 2 rings (SSSR count). The highest BCUT2D eigenvalue weighted by molar-refractivity contribution is 7.11. The molecular formula is C14H13ClN2O3S. The van der Waals surface area contributed by atoms with Gasteiger partial charge in [-0.2, -0.15) is 0 Å². The number of thiazole rings is 1. The standard InChI is InChI=1S/C14H13ClN2O3S/c1-2-20-14(19)13-17-11(8-21-13)12(18)16-7-9-4-3-5-10(15)6-9/h3-6,8H,2,7H2,1H3,(H,16,18). The van der Waals surface area contributed by atoms with Crippen molar-refractivity contribution in [3.05, 3.63) is 50.9 Å². The Morgan fingerprint density at radius 2 is 2.24 bits per heavy atom. The van der Waals surface area contributed by atoms with Crippen LogP contribution in [-0.2, 0) is 11.3 Å². The summed E-state index contributed by atoms with van der Waals surface area (Å²) in [5.74, 6) is -0.863. The van der Waals surface area contributed by atoms with Crippen LogP contribution < -0.4 is 5.32 Å². The Morgan fingerprint density at radius 1 is 1.43 bits per heavy atom. The molecule has 7 heteroatoms. The first kappa shape index (κ1) is 15.5. The molecule has 1 heterocycles. The lowest BCUT2D eigenvalue weighted by atomic mass is 10.2. The highest BCUT2D eigenvalue weighted by Gasteiger charge is 2.16. The molecule has 1 N–H and O–H groups in total. The number of carbonyl (C=O) groups is 2. The van der Waals surface area contributed by atoms with Crippen LogP contribution in [0.15, 0.2) is 29.6 Å². The van der Waals surface area contributed by atoms with Gasteiger partial charge in [-0.25, -0.2) is 9.78 Å². The molecule has 0 spiro atoms. The van der Waals surface area contributed by atoms with Crippen LogP contribution in [0.2, 0.25) is 5.02 Å². The van der Waals surface area contributed by atoms with Gasteiger partial charge in [0.2, 0.25) is 5.01 Å². The van der Waals surface area contributed by atoms with Crippen LogP contribution >= 0.6 is 22.9 Å². The van der Waals surface area contributed by atoms with Gasteiger partial charge in [0.1, 0.15) is 5.69 Å². The number of rotatable bonds is 5. The summed E-state index contributed by atoms with van der Waals surface area (Å²) in [7, 11) is 0. The van der Waals surface area contributed by atoms with E-state index >= 15 is 0 Å². The average molecular weight is 325 g/mol. The summed E-state index contributed by atoms with van der Waals surface area (Å²) in [6.07, 6.45) is 0. The molecule has 0 unspecified atom stereocenters. The van der Waals surface area contributed by atoms with Crippen molar-refractivity contribution < 1.29 is 14.3 Å². The predicted octanol–water partition coefficient (Wildman–Crippen LogP) is 2.90. The van der Waals surface area contributed by atoms with Gasteiger partial charge in [0, 0.05) is 16.9 Å². The number of nitrogens with one attached hydrogen (secondary N) is 1. The molecular weight excluding hydrogens is 312 g/mol. The van der Waals surface area contributed by atoms with Crippen LogP contribution in [0.4, 0.5) is 0 Å². The van der Waals surface area contributed by atoms with Gasteiger partial charge in [0.05, 0.1) is 6.61 Å². The zero-order chi connectivity index (χ0) is 15.2. The monoisotopic (exact) mass is 324 g/mol. The lowest BCUT2D eigenvalue weighted by Crippen LogP contribution is -2.23. The third kappa shape index (κ3) is 4.27. The highest BCUT2D eigenvalue weighted by atomic mass is 35.5. The molecule has 0 bridgehead atoms. The van der Waals surface area contributed by atoms with E-state index in [4.69, 9.17) is 16.3 Å². The SMILES string of the molecule is CCOC(=O)c1nc(C(=O)NCc2cccc(Cl)c2)cs1. The molecule has 0 aliphatic rings. The minimum absolute atomic E-state index is 0.171. The number of nitrogens with zero attached hydrogens (tertiary/aromatic N) is 1. The maximum Gasteiger partial charge on any atom is 0.367 e. The first-order chi connectivity index (χ1) is 10.1. The summed E-state index contributed by atoms with van der Waals surface area (Å²) in [6.45, 7) is 2.32. The number of esters is 1. The summed E-state index contributed by atoms with van der Waals surface area (Å²) in [4.78, 5) is 27.4. The Labute approximate surface area is 130 Å². The normalized spacial score (nSPS) is 10.2. The lowest BCUT2D eigenvalue weighted by Gasteiger charge is -2.03. The van der Waals surface area contributed by atoms with Gasteiger partial charge < -0.3 is 10.1 Å². The van der Waals surface area contributed by atoms with Crippen LogP contribution in [0.1, 0.15) is 32.8 Å². The number of hydrogen-bond donors (Lipinski definition) is 1. The fraction of sp³-hybridized carbons (Fsp3) is 0.214. The molecule has 0 aliphatic heterocycles. The van der Waals surface area contributed by atoms with Crippen LogP contribution in [-0.4, -0.2) is 23.5 Å². The van der Waals surface area contributed by atoms with Gasteiger partial charge in [0.25, 0.3) is 5.91 Å². The number of aromatic nitrogens is 1. The molecule has 5 nitrogen and oxygen atoms in total. The Bertz CT molecular complexity index is 657. The minimum Gasteiger partial charge on any atom is -0.461 e. The minimum atomic E-state index is -0.517. The van der Waals surface area contributed by atoms with Crippen LogP contribution in [0, 0.1) is 0 Å². The molecule has 0 aliphatic carbocycles. The van der Waals surface area contributed by atoms with Gasteiger partial charge in [-0.3, -0.25) is 4.79 Å². The van der Waals surface area contributed by atoms with Crippen molar-refractivity contribution in [1.29, 1.82) is 0 Å². The molecule has 1 aromatic heterocycles. The highest BCUT2D eigenvalue weighted by Crippen LogP contribution is 2.12. The van der Waals surface area contributed by atoms with Crippen LogP contribution in [0.3, 0.4) is 0 Å². The summed E-state index contributed by atoms with van der Waals surface area (Å²) in [5.41, 5.74) is 1.08. The molecule has 1 amide bonds. The predicted molar refractivity (Wildman–Crippen MR) is 80.7 cm³/mol. The van der Waals surface area contributed by atoms with Gasteiger partial charge in [0.15, 0.2) is 0 Å². The third-order valence-electron chi connectivity index (χ3n) is 2.53. The Hall–Kier alpha value is -1.92. The summed E-state index contributed by atoms with van der Waals surface area (Å²) in [5, 5.41) is 5.03. The van der Waals surface area contributed by atoms with E-state index in [-0.39, 0.29) is 23.2 Å². The van der Waals surface area contributed by atoms with E-state index in [0.29, 0.717) is 11.6 Å². The van der Waals surface area contributed by atoms with E-state index in [9.17, 15) is 9.59 Å². The molecule has 0 atom stereocenters. The molecule has 21 heavy (non-hydrogen) atoms. The smallest absolute Gasteiger partial charge is 0.367 e. The van der Waals surface area contributed by atoms with E-state index in [1.54, 1.807) is 19.1 Å². The number of hydrogen-bond acceptors (Lipinski definition) is 5. The Balaban J connectivity index is 1.96. The van der Waals surface area contributed by atoms with Gasteiger partial charge in [-0.05, 0) is 24.6 Å². The van der Waals surface area contributed by atoms with Gasteiger partial charge in [-0.1, -0.05) is 23.7 Å². The van der Waals surface area contributed by atoms with Crippen molar-refractivity contribution in [3.63, 3.8) is 0 Å². The second kappa shape index (κ2) is 7.19. The summed E-state index contributed by atoms with van der Waals surface area (Å²) in [6, 6.07) is 7.20. The van der Waals surface area contributed by atoms with Crippen LogP contribution in [0.5, 0.6) is 0 Å². The largest absolute Gasteiger partial charge is 0.461 e. The number of halogens is 1. The van der Waals surface area contributed by atoms with Gasteiger partial charge >= 0.3 is 5.97 Å². The first-order valence-corrected chi connectivity index (χ1v) is 7.51. The zero-order valence-corrected chi connectivity index (χ0v) is 12.8. The molecule has 0 saturated heterocycles. The molecule has 0 saturated carbocycles. The zero-order valence-electron chi connectivity index (χ0n) is 11.3. The lowest BCUT2D eigenvalue weighted by molar-refractivity contribution is 0.0526. The van der Waals surface area contributed by atoms with Crippen molar-refractivity contribution >= 4 is 34.8 Å². The van der Waals surface area contributed by atoms with Crippen molar-refractivity contribution in [3.8, 4) is 0 Å². The van der Waals surface area contributed by atoms with Crippen molar-refractivity contribution in [2.24, 2.45) is 0 Å². The number of benzene rings is 1. The van der Waals surface area contributed by atoms with E-state index in [0.717, 1.165) is 16.9 Å². The topological polar surface area (TPSA) is 68.3 Å². The Morgan fingerprint density at radius 3 is 2.95 bits per heavy atom. The fourth-order valence-corrected chi connectivity index (χ4v) is 2.49. The van der Waals surface area contributed by atoms with Crippen molar-refractivity contribution in [2.75, 3.05) is 6.61 Å². The van der Waals surface area contributed by atoms with E-state index in [2.05, 4.69) is 10.3 Å².